The third-order valence-electron chi connectivity index (χ3n) is 4.47. The van der Waals surface area contributed by atoms with E-state index in [0.717, 1.165) is 12.1 Å². The molecule has 1 aromatic heterocycles. The second kappa shape index (κ2) is 7.12. The molecular weight excluding hydrogens is 445 g/mol. The monoisotopic (exact) mass is 463 g/mol. The van der Waals surface area contributed by atoms with Crippen molar-refractivity contribution < 1.29 is 33.8 Å². The summed E-state index contributed by atoms with van der Waals surface area (Å²) < 4.78 is 66.4. The number of ketones is 1. The van der Waals surface area contributed by atoms with Gasteiger partial charge in [-0.1, -0.05) is 31.4 Å². The van der Waals surface area contributed by atoms with Gasteiger partial charge in [0.1, 0.15) is 10.6 Å². The summed E-state index contributed by atoms with van der Waals surface area (Å²) in [5, 5.41) is 4.32. The van der Waals surface area contributed by atoms with Crippen LogP contribution in [0.4, 0.5) is 25.1 Å². The van der Waals surface area contributed by atoms with Crippen molar-refractivity contribution in [2.45, 2.75) is 18.7 Å². The predicted octanol–water partition coefficient (Wildman–Crippen LogP) is 4.48. The topological polar surface area (TPSA) is 80.2 Å². The molecule has 0 fully saturated rings. The first-order chi connectivity index (χ1) is 14.0. The summed E-state index contributed by atoms with van der Waals surface area (Å²) in [6.07, 6.45) is 5.02. The fourth-order valence-corrected chi connectivity index (χ4v) is 3.65. The molecule has 0 spiro atoms. The van der Waals surface area contributed by atoms with Crippen LogP contribution in [0.25, 0.3) is 0 Å². The quantitative estimate of drug-likeness (QED) is 0.287. The van der Waals surface area contributed by atoms with E-state index in [1.165, 1.54) is 25.5 Å². The van der Waals surface area contributed by atoms with Gasteiger partial charge in [0.2, 0.25) is 0 Å². The zero-order valence-electron chi connectivity index (χ0n) is 16.6. The van der Waals surface area contributed by atoms with Gasteiger partial charge in [-0.3, -0.25) is 14.4 Å². The summed E-state index contributed by atoms with van der Waals surface area (Å²) in [4.78, 5) is 34.9. The van der Waals surface area contributed by atoms with Gasteiger partial charge >= 0.3 is 10.2 Å². The van der Waals surface area contributed by atoms with E-state index in [2.05, 4.69) is 16.6 Å². The fraction of sp³-hybridized carbons (Fsp3) is 0.211. The molecule has 2 rings (SSSR count). The van der Waals surface area contributed by atoms with E-state index < -0.39 is 38.4 Å². The lowest BCUT2D eigenvalue weighted by atomic mass is 10.0. The highest BCUT2D eigenvalue weighted by atomic mass is 32.5. The van der Waals surface area contributed by atoms with Crippen LogP contribution in [-0.4, -0.2) is 28.7 Å². The highest BCUT2D eigenvalue weighted by Crippen LogP contribution is 3.02. The highest BCUT2D eigenvalue weighted by Gasteiger charge is 2.65. The number of aromatic nitrogens is 1. The number of halogens is 5. The van der Waals surface area contributed by atoms with Gasteiger partial charge in [-0.2, -0.15) is 0 Å². The molecule has 0 bridgehead atoms. The van der Waals surface area contributed by atoms with Crippen LogP contribution in [0.2, 0.25) is 0 Å². The number of hydrogen-bond acceptors (Lipinski definition) is 3. The third kappa shape index (κ3) is 5.05. The van der Waals surface area contributed by atoms with E-state index in [4.69, 9.17) is 6.42 Å². The van der Waals surface area contributed by atoms with Crippen LogP contribution in [-0.2, 0) is 11.8 Å². The van der Waals surface area contributed by atoms with Crippen LogP contribution in [0.3, 0.4) is 0 Å². The number of carbonyl (C=O) groups is 3. The molecule has 0 aliphatic carbocycles. The Bertz CT molecular complexity index is 1150. The number of terminal acetylenes is 1. The molecule has 31 heavy (non-hydrogen) atoms. The Morgan fingerprint density at radius 1 is 1.13 bits per heavy atom. The Hall–Kier alpha value is -3.33. The summed E-state index contributed by atoms with van der Waals surface area (Å²) in [7, 11) is -8.53. The lowest BCUT2D eigenvalue weighted by molar-refractivity contribution is -0.116. The van der Waals surface area contributed by atoms with Gasteiger partial charge in [-0.05, 0) is 37.6 Å². The van der Waals surface area contributed by atoms with Crippen LogP contribution in [0.15, 0.2) is 29.2 Å². The van der Waals surface area contributed by atoms with Gasteiger partial charge in [0.15, 0.2) is 0 Å². The van der Waals surface area contributed by atoms with Gasteiger partial charge in [0.25, 0.3) is 17.6 Å². The number of hydrogen-bond donors (Lipinski definition) is 2. The molecule has 0 aliphatic heterocycles. The third-order valence-corrected chi connectivity index (χ3v) is 5.61. The maximum Gasteiger partial charge on any atom is 0.310 e. The van der Waals surface area contributed by atoms with Crippen molar-refractivity contribution in [3.8, 4) is 12.3 Å². The number of nitrogens with one attached hydrogen (secondary N) is 2. The first kappa shape index (κ1) is 23.9. The average molecular weight is 463 g/mol. The summed E-state index contributed by atoms with van der Waals surface area (Å²) >= 11 is 0. The zero-order valence-corrected chi connectivity index (χ0v) is 17.4. The first-order valence-corrected chi connectivity index (χ1v) is 10.5. The first-order valence-electron chi connectivity index (χ1n) is 8.55. The maximum atomic E-state index is 13.0. The summed E-state index contributed by atoms with van der Waals surface area (Å²) in [6.45, 7) is 2.64. The molecule has 0 aliphatic rings. The van der Waals surface area contributed by atoms with Crippen molar-refractivity contribution >= 4 is 33.5 Å². The summed E-state index contributed by atoms with van der Waals surface area (Å²) in [5.74, 6) is -0.772. The van der Waals surface area contributed by atoms with E-state index >= 15 is 0 Å². The molecule has 0 atom stereocenters. The van der Waals surface area contributed by atoms with Crippen LogP contribution < -0.4 is 10.6 Å². The SMILES string of the molecule is C#CCNC(=O)C(=O)c1c(C)c(C(=O)Nc2cccc(S(F)(F)(F)(F)F)c2)n(C)c1C. The zero-order chi connectivity index (χ0) is 23.8. The standard InChI is InChI=1S/C19H18F5N3O3S/c1-5-9-25-19(30)17(28)15-11(2)16(27(4)12(15)3)18(29)26-13-7-6-8-14(10-13)31(20,21,22,23)24/h1,6-8,10H,9H2,2-4H3,(H,25,30)(H,26,29). The van der Waals surface area contributed by atoms with Crippen molar-refractivity contribution in [3.63, 3.8) is 0 Å². The van der Waals surface area contributed by atoms with Gasteiger partial charge < -0.3 is 15.2 Å². The van der Waals surface area contributed by atoms with Crippen LogP contribution in [0.5, 0.6) is 0 Å². The smallest absolute Gasteiger partial charge is 0.310 e. The second-order valence-corrected chi connectivity index (χ2v) is 9.07. The van der Waals surface area contributed by atoms with E-state index in [0.29, 0.717) is 0 Å². The number of carbonyl (C=O) groups excluding carboxylic acids is 3. The van der Waals surface area contributed by atoms with Crippen molar-refractivity contribution in [2.24, 2.45) is 7.05 Å². The Balaban J connectivity index is 2.42. The molecule has 0 saturated carbocycles. The van der Waals surface area contributed by atoms with Gasteiger partial charge in [0, 0.05) is 18.4 Å². The minimum Gasteiger partial charge on any atom is -0.343 e. The summed E-state index contributed by atoms with van der Waals surface area (Å²) in [6, 6.07) is 2.08. The number of nitrogens with zero attached hydrogens (tertiary/aromatic N) is 1. The largest absolute Gasteiger partial charge is 0.343 e. The molecule has 1 aromatic carbocycles. The fourth-order valence-electron chi connectivity index (χ4n) is 2.96. The molecule has 12 heteroatoms. The average Bonchev–Trinajstić information content (AvgIpc) is 2.86. The van der Waals surface area contributed by atoms with E-state index in [9.17, 15) is 33.8 Å². The van der Waals surface area contributed by atoms with Gasteiger partial charge in [-0.15, -0.1) is 6.42 Å². The molecule has 168 valence electrons. The maximum absolute atomic E-state index is 13.0. The molecule has 6 nitrogen and oxygen atoms in total. The van der Waals surface area contributed by atoms with E-state index in [1.807, 2.05) is 0 Å². The number of amides is 2. The van der Waals surface area contributed by atoms with Crippen molar-refractivity contribution in [2.75, 3.05) is 11.9 Å². The molecule has 2 amide bonds. The molecule has 1 heterocycles. The van der Waals surface area contributed by atoms with Crippen LogP contribution in [0, 0.1) is 26.2 Å². The van der Waals surface area contributed by atoms with Crippen LogP contribution >= 0.6 is 10.2 Å². The predicted molar refractivity (Wildman–Crippen MR) is 107 cm³/mol. The molecule has 0 radical (unpaired) electrons. The molecule has 2 aromatic rings. The van der Waals surface area contributed by atoms with E-state index in [-0.39, 0.29) is 41.2 Å². The lowest BCUT2D eigenvalue weighted by Gasteiger charge is -2.40. The number of anilines is 1. The van der Waals surface area contributed by atoms with Crippen molar-refractivity contribution in [1.82, 2.24) is 9.88 Å². The van der Waals surface area contributed by atoms with Crippen LogP contribution in [0.1, 0.15) is 32.1 Å². The Kier molecular flexibility index (Phi) is 5.50. The number of rotatable bonds is 6. The Labute approximate surface area is 174 Å². The minimum atomic E-state index is -9.93. The lowest BCUT2D eigenvalue weighted by Crippen LogP contribution is -2.31. The Morgan fingerprint density at radius 3 is 2.29 bits per heavy atom. The van der Waals surface area contributed by atoms with Gasteiger partial charge in [0.05, 0.1) is 12.1 Å². The Morgan fingerprint density at radius 2 is 1.74 bits per heavy atom. The van der Waals surface area contributed by atoms with Crippen molar-refractivity contribution in [3.05, 3.63) is 46.8 Å². The molecular formula is C19H18F5N3O3S. The molecule has 2 N–H and O–H groups in total. The van der Waals surface area contributed by atoms with Gasteiger partial charge in [-0.25, -0.2) is 0 Å². The number of Topliss-reactive ketones (excluding diaryl/α,β-unsaturated/α-hetero) is 1. The van der Waals surface area contributed by atoms with Crippen molar-refractivity contribution in [1.29, 1.82) is 0 Å². The highest BCUT2D eigenvalue weighted by molar-refractivity contribution is 8.45. The molecule has 0 unspecified atom stereocenters. The minimum absolute atomic E-state index is 0.0806. The number of benzene rings is 1. The normalized spacial score (nSPS) is 13.5. The summed E-state index contributed by atoms with van der Waals surface area (Å²) in [5.41, 5.74) is -0.411. The second-order valence-electron chi connectivity index (χ2n) is 6.66. The molecule has 0 saturated heterocycles. The van der Waals surface area contributed by atoms with E-state index in [1.54, 1.807) is 0 Å².